The zero-order valence-electron chi connectivity index (χ0n) is 13.9. The van der Waals surface area contributed by atoms with Crippen LogP contribution < -0.4 is 0 Å². The summed E-state index contributed by atoms with van der Waals surface area (Å²) in [5.41, 5.74) is 1.05. The molecule has 0 aliphatic carbocycles. The van der Waals surface area contributed by atoms with Gasteiger partial charge in [0.2, 0.25) is 0 Å². The van der Waals surface area contributed by atoms with Crippen LogP contribution in [0.4, 0.5) is 0 Å². The zero-order chi connectivity index (χ0) is 17.6. The first-order valence-electron chi connectivity index (χ1n) is 8.16. The molecule has 0 aromatic carbocycles. The molecule has 1 aromatic heterocycles. The van der Waals surface area contributed by atoms with Crippen LogP contribution in [0.1, 0.15) is 25.3 Å². The number of carboxylic acids is 1. The van der Waals surface area contributed by atoms with Crippen molar-refractivity contribution < 1.29 is 24.5 Å². The molecule has 134 valence electrons. The van der Waals surface area contributed by atoms with Gasteiger partial charge in [-0.05, 0) is 19.8 Å². The van der Waals surface area contributed by atoms with Gasteiger partial charge in [-0.15, -0.1) is 0 Å². The summed E-state index contributed by atoms with van der Waals surface area (Å²) < 4.78 is 7.34. The number of rotatable bonds is 4. The number of nitrogens with zero attached hydrogens (tertiary/aromatic N) is 3. The van der Waals surface area contributed by atoms with Crippen LogP contribution in [0.2, 0.25) is 0 Å². The van der Waals surface area contributed by atoms with Crippen molar-refractivity contribution in [1.29, 1.82) is 0 Å². The maximum absolute atomic E-state index is 11.6. The van der Waals surface area contributed by atoms with E-state index in [1.165, 1.54) is 0 Å². The average Bonchev–Trinajstić information content (AvgIpc) is 3.14. The van der Waals surface area contributed by atoms with Gasteiger partial charge in [0.15, 0.2) is 0 Å². The van der Waals surface area contributed by atoms with Crippen molar-refractivity contribution in [2.75, 3.05) is 26.3 Å². The molecule has 1 spiro atoms. The van der Waals surface area contributed by atoms with Gasteiger partial charge in [-0.25, -0.2) is 0 Å². The average molecular weight is 339 g/mol. The number of aryl methyl sites for hydroxylation is 1. The highest BCUT2D eigenvalue weighted by Gasteiger charge is 2.50. The highest BCUT2D eigenvalue weighted by molar-refractivity contribution is 5.72. The van der Waals surface area contributed by atoms with E-state index in [1.54, 1.807) is 0 Å². The van der Waals surface area contributed by atoms with Gasteiger partial charge in [0.25, 0.3) is 6.47 Å². The SMILES string of the molecule is CCn1cc(CN2CC(C(=O)O)C3(CCOCC3)C2)cn1.O=CO. The third-order valence-corrected chi connectivity index (χ3v) is 4.92. The first-order valence-corrected chi connectivity index (χ1v) is 8.16. The van der Waals surface area contributed by atoms with Crippen molar-refractivity contribution in [3.05, 3.63) is 18.0 Å². The minimum atomic E-state index is -0.663. The number of carbonyl (C=O) groups is 2. The maximum atomic E-state index is 11.6. The number of hydrogen-bond acceptors (Lipinski definition) is 5. The molecule has 2 fully saturated rings. The number of ether oxygens (including phenoxy) is 1. The molecule has 2 N–H and O–H groups in total. The molecule has 0 bridgehead atoms. The Morgan fingerprint density at radius 1 is 1.50 bits per heavy atom. The summed E-state index contributed by atoms with van der Waals surface area (Å²) in [6.07, 6.45) is 5.64. The maximum Gasteiger partial charge on any atom is 0.308 e. The van der Waals surface area contributed by atoms with Gasteiger partial charge < -0.3 is 14.9 Å². The normalized spacial score (nSPS) is 22.8. The summed E-state index contributed by atoms with van der Waals surface area (Å²) in [6.45, 7) is 6.31. The molecule has 2 aliphatic heterocycles. The van der Waals surface area contributed by atoms with Crippen LogP contribution in [0, 0.1) is 11.3 Å². The molecular formula is C16H25N3O5. The molecule has 8 nitrogen and oxygen atoms in total. The molecule has 2 saturated heterocycles. The third-order valence-electron chi connectivity index (χ3n) is 4.92. The molecule has 8 heteroatoms. The van der Waals surface area contributed by atoms with E-state index < -0.39 is 5.97 Å². The fourth-order valence-electron chi connectivity index (χ4n) is 3.74. The zero-order valence-corrected chi connectivity index (χ0v) is 13.9. The van der Waals surface area contributed by atoms with Crippen molar-refractivity contribution in [2.24, 2.45) is 11.3 Å². The fourth-order valence-corrected chi connectivity index (χ4v) is 3.74. The standard InChI is InChI=1S/C15H23N3O3.CH2O2/c1-2-18-9-12(7-16-18)8-17-10-13(14(19)20)15(11-17)3-5-21-6-4-15;2-1-3/h7,9,13H,2-6,8,10-11H2,1H3,(H,19,20);1H,(H,2,3). The molecule has 1 unspecified atom stereocenters. The largest absolute Gasteiger partial charge is 0.483 e. The van der Waals surface area contributed by atoms with E-state index in [1.807, 2.05) is 17.1 Å². The van der Waals surface area contributed by atoms with Crippen LogP contribution in [0.25, 0.3) is 0 Å². The number of likely N-dealkylation sites (tertiary alicyclic amines) is 1. The quantitative estimate of drug-likeness (QED) is 0.786. The van der Waals surface area contributed by atoms with Crippen LogP contribution in [0.3, 0.4) is 0 Å². The Labute approximate surface area is 141 Å². The molecule has 1 aromatic rings. The number of aliphatic carboxylic acids is 1. The van der Waals surface area contributed by atoms with Crippen LogP contribution in [0.5, 0.6) is 0 Å². The van der Waals surface area contributed by atoms with Gasteiger partial charge in [-0.2, -0.15) is 5.10 Å². The predicted molar refractivity (Wildman–Crippen MR) is 85.5 cm³/mol. The number of aromatic nitrogens is 2. The molecule has 3 rings (SSSR count). The lowest BCUT2D eigenvalue weighted by molar-refractivity contribution is -0.147. The summed E-state index contributed by atoms with van der Waals surface area (Å²) >= 11 is 0. The summed E-state index contributed by atoms with van der Waals surface area (Å²) in [4.78, 5) is 22.3. The fraction of sp³-hybridized carbons (Fsp3) is 0.688. The van der Waals surface area contributed by atoms with Gasteiger partial charge in [0, 0.05) is 56.6 Å². The Morgan fingerprint density at radius 2 is 2.17 bits per heavy atom. The van der Waals surface area contributed by atoms with Gasteiger partial charge in [0.05, 0.1) is 12.1 Å². The lowest BCUT2D eigenvalue weighted by Gasteiger charge is -2.36. The van der Waals surface area contributed by atoms with Gasteiger partial charge >= 0.3 is 5.97 Å². The second-order valence-electron chi connectivity index (χ2n) is 6.34. The number of hydrogen-bond donors (Lipinski definition) is 2. The summed E-state index contributed by atoms with van der Waals surface area (Å²) in [5, 5.41) is 20.8. The van der Waals surface area contributed by atoms with E-state index in [9.17, 15) is 9.90 Å². The second-order valence-corrected chi connectivity index (χ2v) is 6.34. The molecule has 2 aliphatic rings. The van der Waals surface area contributed by atoms with E-state index in [4.69, 9.17) is 14.6 Å². The van der Waals surface area contributed by atoms with E-state index >= 15 is 0 Å². The molecule has 1 atom stereocenters. The Kier molecular flexibility index (Phi) is 6.33. The van der Waals surface area contributed by atoms with Crippen LogP contribution in [0.15, 0.2) is 12.4 Å². The lowest BCUT2D eigenvalue weighted by atomic mass is 9.72. The number of carboxylic acid groups (broad SMARTS) is 2. The summed E-state index contributed by atoms with van der Waals surface area (Å²) in [6, 6.07) is 0. The molecular weight excluding hydrogens is 314 g/mol. The Bertz CT molecular complexity index is 554. The van der Waals surface area contributed by atoms with E-state index in [0.717, 1.165) is 38.0 Å². The van der Waals surface area contributed by atoms with E-state index in [2.05, 4.69) is 16.9 Å². The first kappa shape index (κ1) is 18.4. The third kappa shape index (κ3) is 4.12. The van der Waals surface area contributed by atoms with Crippen molar-refractivity contribution in [3.8, 4) is 0 Å². The molecule has 0 amide bonds. The lowest BCUT2D eigenvalue weighted by Crippen LogP contribution is -2.40. The first-order chi connectivity index (χ1) is 11.5. The molecule has 3 heterocycles. The predicted octanol–water partition coefficient (Wildman–Crippen LogP) is 0.917. The molecule has 0 saturated carbocycles. The van der Waals surface area contributed by atoms with Gasteiger partial charge in [-0.1, -0.05) is 0 Å². The van der Waals surface area contributed by atoms with Crippen LogP contribution >= 0.6 is 0 Å². The highest BCUT2D eigenvalue weighted by Crippen LogP contribution is 2.44. The monoisotopic (exact) mass is 339 g/mol. The van der Waals surface area contributed by atoms with Crippen molar-refractivity contribution in [2.45, 2.75) is 32.9 Å². The Balaban J connectivity index is 0.000000647. The Morgan fingerprint density at radius 3 is 2.71 bits per heavy atom. The van der Waals surface area contributed by atoms with Gasteiger partial charge in [0.1, 0.15) is 0 Å². The highest BCUT2D eigenvalue weighted by atomic mass is 16.5. The molecule has 0 radical (unpaired) electrons. The van der Waals surface area contributed by atoms with Crippen molar-refractivity contribution in [3.63, 3.8) is 0 Å². The summed E-state index contributed by atoms with van der Waals surface area (Å²) in [7, 11) is 0. The van der Waals surface area contributed by atoms with E-state index in [0.29, 0.717) is 19.8 Å². The molecule has 24 heavy (non-hydrogen) atoms. The topological polar surface area (TPSA) is 105 Å². The van der Waals surface area contributed by atoms with Crippen molar-refractivity contribution in [1.82, 2.24) is 14.7 Å². The Hall–Kier alpha value is -1.93. The van der Waals surface area contributed by atoms with Crippen LogP contribution in [-0.2, 0) is 27.4 Å². The van der Waals surface area contributed by atoms with Crippen LogP contribution in [-0.4, -0.2) is 63.6 Å². The summed E-state index contributed by atoms with van der Waals surface area (Å²) in [5.74, 6) is -0.939. The smallest absolute Gasteiger partial charge is 0.308 e. The minimum Gasteiger partial charge on any atom is -0.483 e. The van der Waals surface area contributed by atoms with Gasteiger partial charge in [-0.3, -0.25) is 19.2 Å². The van der Waals surface area contributed by atoms with E-state index in [-0.39, 0.29) is 17.8 Å². The second kappa shape index (κ2) is 8.25. The minimum absolute atomic E-state index is 0.106. The van der Waals surface area contributed by atoms with Crippen molar-refractivity contribution >= 4 is 12.4 Å².